The second kappa shape index (κ2) is 8.20. The number of thiazole rings is 1. The van der Waals surface area contributed by atoms with Crippen LogP contribution in [0.2, 0.25) is 0 Å². The Kier molecular flexibility index (Phi) is 5.50. The molecule has 0 bridgehead atoms. The van der Waals surface area contributed by atoms with Gasteiger partial charge in [-0.3, -0.25) is 4.79 Å². The van der Waals surface area contributed by atoms with E-state index in [2.05, 4.69) is 10.3 Å². The molecule has 0 saturated carbocycles. The molecule has 4 rings (SSSR count). The van der Waals surface area contributed by atoms with Crippen LogP contribution >= 0.6 is 11.3 Å². The van der Waals surface area contributed by atoms with Gasteiger partial charge in [-0.2, -0.15) is 0 Å². The number of aryl methyl sites for hydroxylation is 1. The standard InChI is InChI=1S/C22H21FN2O2S/c1-14-20(28-22(24-14)16-6-3-2-4-7-16)21(26)25-19(18-8-5-13-27-18)15-9-11-17(23)12-10-15/h2-4,6-7,9-12,18-19H,5,8,13H2,1H3,(H,25,26)/t18-,19+/m0/s1. The summed E-state index contributed by atoms with van der Waals surface area (Å²) in [4.78, 5) is 18.2. The van der Waals surface area contributed by atoms with Crippen LogP contribution < -0.4 is 5.32 Å². The van der Waals surface area contributed by atoms with E-state index in [1.165, 1.54) is 23.5 Å². The molecule has 0 aliphatic carbocycles. The highest BCUT2D eigenvalue weighted by atomic mass is 32.1. The molecule has 0 spiro atoms. The smallest absolute Gasteiger partial charge is 0.263 e. The summed E-state index contributed by atoms with van der Waals surface area (Å²) in [7, 11) is 0. The number of halogens is 1. The van der Waals surface area contributed by atoms with Crippen LogP contribution in [0.3, 0.4) is 0 Å². The number of benzene rings is 2. The van der Waals surface area contributed by atoms with Crippen molar-refractivity contribution in [2.24, 2.45) is 0 Å². The number of rotatable bonds is 5. The Morgan fingerprint density at radius 1 is 1.21 bits per heavy atom. The normalized spacial score (nSPS) is 17.4. The zero-order chi connectivity index (χ0) is 19.5. The molecule has 28 heavy (non-hydrogen) atoms. The van der Waals surface area contributed by atoms with Crippen molar-refractivity contribution in [1.82, 2.24) is 10.3 Å². The Balaban J connectivity index is 1.59. The van der Waals surface area contributed by atoms with Gasteiger partial charge in [-0.05, 0) is 37.5 Å². The van der Waals surface area contributed by atoms with E-state index >= 15 is 0 Å². The summed E-state index contributed by atoms with van der Waals surface area (Å²) < 4.78 is 19.2. The highest BCUT2D eigenvalue weighted by Crippen LogP contribution is 2.31. The fraction of sp³-hybridized carbons (Fsp3) is 0.273. The van der Waals surface area contributed by atoms with Gasteiger partial charge >= 0.3 is 0 Å². The lowest BCUT2D eigenvalue weighted by Crippen LogP contribution is -2.36. The fourth-order valence-electron chi connectivity index (χ4n) is 3.44. The Bertz CT molecular complexity index is 950. The molecule has 1 fully saturated rings. The zero-order valence-corrected chi connectivity index (χ0v) is 16.3. The van der Waals surface area contributed by atoms with Crippen molar-refractivity contribution in [1.29, 1.82) is 0 Å². The molecule has 6 heteroatoms. The third-order valence-electron chi connectivity index (χ3n) is 4.88. The van der Waals surface area contributed by atoms with E-state index in [-0.39, 0.29) is 23.9 Å². The monoisotopic (exact) mass is 396 g/mol. The topological polar surface area (TPSA) is 51.2 Å². The molecule has 144 valence electrons. The number of hydrogen-bond acceptors (Lipinski definition) is 4. The predicted octanol–water partition coefficient (Wildman–Crippen LogP) is 4.91. The highest BCUT2D eigenvalue weighted by molar-refractivity contribution is 7.17. The van der Waals surface area contributed by atoms with Crippen LogP contribution in [0.15, 0.2) is 54.6 Å². The van der Waals surface area contributed by atoms with Gasteiger partial charge in [-0.15, -0.1) is 11.3 Å². The maximum Gasteiger partial charge on any atom is 0.263 e. The van der Waals surface area contributed by atoms with Crippen LogP contribution in [-0.2, 0) is 4.74 Å². The third kappa shape index (κ3) is 3.98. The summed E-state index contributed by atoms with van der Waals surface area (Å²) in [6.45, 7) is 2.52. The largest absolute Gasteiger partial charge is 0.376 e. The number of carbonyl (C=O) groups excluding carboxylic acids is 1. The Morgan fingerprint density at radius 3 is 2.64 bits per heavy atom. The fourth-order valence-corrected chi connectivity index (χ4v) is 4.42. The maximum absolute atomic E-state index is 13.3. The van der Waals surface area contributed by atoms with Crippen molar-refractivity contribution in [2.45, 2.75) is 31.9 Å². The second-order valence-electron chi connectivity index (χ2n) is 6.85. The van der Waals surface area contributed by atoms with Gasteiger partial charge in [0.2, 0.25) is 0 Å². The molecule has 4 nitrogen and oxygen atoms in total. The quantitative estimate of drug-likeness (QED) is 0.667. The first-order chi connectivity index (χ1) is 13.6. The van der Waals surface area contributed by atoms with E-state index in [0.717, 1.165) is 29.0 Å². The van der Waals surface area contributed by atoms with Crippen molar-refractivity contribution in [3.63, 3.8) is 0 Å². The molecule has 1 amide bonds. The Morgan fingerprint density at radius 2 is 1.96 bits per heavy atom. The lowest BCUT2D eigenvalue weighted by molar-refractivity contribution is 0.0674. The highest BCUT2D eigenvalue weighted by Gasteiger charge is 2.30. The molecule has 2 atom stereocenters. The molecule has 0 radical (unpaired) electrons. The molecule has 1 saturated heterocycles. The number of aromatic nitrogens is 1. The van der Waals surface area contributed by atoms with Gasteiger partial charge in [0, 0.05) is 12.2 Å². The predicted molar refractivity (Wildman–Crippen MR) is 108 cm³/mol. The molecule has 1 aliphatic rings. The summed E-state index contributed by atoms with van der Waals surface area (Å²) in [5.74, 6) is -0.478. The summed E-state index contributed by atoms with van der Waals surface area (Å²) in [5.41, 5.74) is 2.53. The zero-order valence-electron chi connectivity index (χ0n) is 15.5. The summed E-state index contributed by atoms with van der Waals surface area (Å²) in [6.07, 6.45) is 1.70. The first-order valence-corrected chi connectivity index (χ1v) is 10.1. The molecule has 1 aliphatic heterocycles. The van der Waals surface area contributed by atoms with Gasteiger partial charge in [-0.1, -0.05) is 42.5 Å². The number of ether oxygens (including phenoxy) is 1. The van der Waals surface area contributed by atoms with Crippen molar-refractivity contribution in [3.05, 3.63) is 76.5 Å². The third-order valence-corrected chi connectivity index (χ3v) is 6.08. The minimum Gasteiger partial charge on any atom is -0.376 e. The SMILES string of the molecule is Cc1nc(-c2ccccc2)sc1C(=O)N[C@H](c1ccc(F)cc1)[C@@H]1CCCO1. The number of hydrogen-bond donors (Lipinski definition) is 1. The first-order valence-electron chi connectivity index (χ1n) is 9.32. The van der Waals surface area contributed by atoms with Crippen molar-refractivity contribution in [2.75, 3.05) is 6.61 Å². The van der Waals surface area contributed by atoms with E-state index in [9.17, 15) is 9.18 Å². The van der Waals surface area contributed by atoms with E-state index < -0.39 is 0 Å². The van der Waals surface area contributed by atoms with Crippen molar-refractivity contribution < 1.29 is 13.9 Å². The van der Waals surface area contributed by atoms with Crippen molar-refractivity contribution in [3.8, 4) is 10.6 Å². The van der Waals surface area contributed by atoms with Crippen LogP contribution in [0.25, 0.3) is 10.6 Å². The second-order valence-corrected chi connectivity index (χ2v) is 7.85. The Labute approximate surface area is 167 Å². The minimum absolute atomic E-state index is 0.115. The van der Waals surface area contributed by atoms with Gasteiger partial charge in [0.1, 0.15) is 15.7 Å². The summed E-state index contributed by atoms with van der Waals surface area (Å²) >= 11 is 1.38. The summed E-state index contributed by atoms with van der Waals surface area (Å²) in [5, 5.41) is 3.92. The van der Waals surface area contributed by atoms with Crippen LogP contribution in [-0.4, -0.2) is 23.6 Å². The minimum atomic E-state index is -0.322. The molecule has 3 aromatic rings. The van der Waals surface area contributed by atoms with E-state index in [4.69, 9.17) is 4.74 Å². The lowest BCUT2D eigenvalue weighted by atomic mass is 9.99. The molecule has 1 N–H and O–H groups in total. The van der Waals surface area contributed by atoms with Crippen LogP contribution in [0, 0.1) is 12.7 Å². The van der Waals surface area contributed by atoms with E-state index in [1.54, 1.807) is 12.1 Å². The van der Waals surface area contributed by atoms with Gasteiger partial charge in [-0.25, -0.2) is 9.37 Å². The molecular weight excluding hydrogens is 375 g/mol. The van der Waals surface area contributed by atoms with Crippen LogP contribution in [0.4, 0.5) is 4.39 Å². The van der Waals surface area contributed by atoms with Crippen molar-refractivity contribution >= 4 is 17.2 Å². The lowest BCUT2D eigenvalue weighted by Gasteiger charge is -2.24. The van der Waals surface area contributed by atoms with E-state index in [1.807, 2.05) is 37.3 Å². The number of amides is 1. The molecule has 2 aromatic carbocycles. The van der Waals surface area contributed by atoms with E-state index in [0.29, 0.717) is 17.2 Å². The van der Waals surface area contributed by atoms with Gasteiger partial charge < -0.3 is 10.1 Å². The number of nitrogens with zero attached hydrogens (tertiary/aromatic N) is 1. The molecular formula is C22H21FN2O2S. The number of nitrogens with one attached hydrogen (secondary N) is 1. The van der Waals surface area contributed by atoms with Gasteiger partial charge in [0.15, 0.2) is 0 Å². The van der Waals surface area contributed by atoms with Gasteiger partial charge in [0.25, 0.3) is 5.91 Å². The average molecular weight is 396 g/mol. The molecule has 0 unspecified atom stereocenters. The summed E-state index contributed by atoms with van der Waals surface area (Å²) in [6, 6.07) is 15.7. The Hall–Kier alpha value is -2.57. The molecule has 1 aromatic heterocycles. The average Bonchev–Trinajstić information content (AvgIpc) is 3.37. The van der Waals surface area contributed by atoms with Crippen LogP contribution in [0.1, 0.15) is 39.8 Å². The number of carbonyl (C=O) groups is 1. The van der Waals surface area contributed by atoms with Crippen LogP contribution in [0.5, 0.6) is 0 Å². The first kappa shape index (κ1) is 18.8. The molecule has 2 heterocycles. The maximum atomic E-state index is 13.3. The van der Waals surface area contributed by atoms with Gasteiger partial charge in [0.05, 0.1) is 17.8 Å².